The van der Waals surface area contributed by atoms with Crippen LogP contribution in [-0.4, -0.2) is 22.7 Å². The number of aryl methyl sites for hydroxylation is 1. The zero-order chi connectivity index (χ0) is 18.1. The zero-order valence-corrected chi connectivity index (χ0v) is 14.6. The normalized spacial score (nSPS) is 11.2. The number of alkyl halides is 2. The van der Waals surface area contributed by atoms with Gasteiger partial charge in [-0.1, -0.05) is 43.2 Å². The maximum absolute atomic E-state index is 12.1. The van der Waals surface area contributed by atoms with E-state index in [2.05, 4.69) is 27.2 Å². The molecular formula is C17H19F2N3O2S. The van der Waals surface area contributed by atoms with Gasteiger partial charge in [0, 0.05) is 12.5 Å². The number of amides is 1. The van der Waals surface area contributed by atoms with Crippen LogP contribution in [-0.2, 0) is 11.2 Å². The summed E-state index contributed by atoms with van der Waals surface area (Å²) in [7, 11) is 0. The van der Waals surface area contributed by atoms with Gasteiger partial charge in [0.2, 0.25) is 11.0 Å². The van der Waals surface area contributed by atoms with Crippen LogP contribution in [0.5, 0.6) is 5.75 Å². The van der Waals surface area contributed by atoms with Gasteiger partial charge in [0.25, 0.3) is 0 Å². The highest BCUT2D eigenvalue weighted by atomic mass is 32.1. The average Bonchev–Trinajstić information content (AvgIpc) is 3.01. The second-order valence-corrected chi connectivity index (χ2v) is 6.29. The quantitative estimate of drug-likeness (QED) is 0.523. The zero-order valence-electron chi connectivity index (χ0n) is 13.7. The monoisotopic (exact) mass is 367 g/mol. The molecule has 0 atom stereocenters. The van der Waals surface area contributed by atoms with E-state index in [0.717, 1.165) is 30.7 Å². The number of ether oxygens (including phenoxy) is 1. The van der Waals surface area contributed by atoms with Gasteiger partial charge < -0.3 is 4.74 Å². The van der Waals surface area contributed by atoms with E-state index in [1.165, 1.54) is 29.5 Å². The van der Waals surface area contributed by atoms with Crippen molar-refractivity contribution < 1.29 is 18.3 Å². The lowest BCUT2D eigenvalue weighted by molar-refractivity contribution is -0.111. The van der Waals surface area contributed by atoms with Crippen LogP contribution in [0, 0.1) is 0 Å². The summed E-state index contributed by atoms with van der Waals surface area (Å²) in [6, 6.07) is 5.99. The molecule has 0 fully saturated rings. The first-order chi connectivity index (χ1) is 12.1. The Bertz CT molecular complexity index is 702. The van der Waals surface area contributed by atoms with Crippen LogP contribution in [0.2, 0.25) is 0 Å². The molecule has 0 aliphatic rings. The van der Waals surface area contributed by atoms with Gasteiger partial charge >= 0.3 is 6.61 Å². The molecule has 0 unspecified atom stereocenters. The molecule has 0 saturated heterocycles. The average molecular weight is 367 g/mol. The van der Waals surface area contributed by atoms with E-state index >= 15 is 0 Å². The van der Waals surface area contributed by atoms with Crippen molar-refractivity contribution in [1.29, 1.82) is 0 Å². The molecule has 2 rings (SSSR count). The Kier molecular flexibility index (Phi) is 7.46. The second-order valence-electron chi connectivity index (χ2n) is 5.23. The minimum absolute atomic E-state index is 0.0704. The van der Waals surface area contributed by atoms with Gasteiger partial charge in [0.15, 0.2) is 0 Å². The van der Waals surface area contributed by atoms with Crippen molar-refractivity contribution in [1.82, 2.24) is 10.2 Å². The number of anilines is 1. The summed E-state index contributed by atoms with van der Waals surface area (Å²) in [5, 5.41) is 12.0. The van der Waals surface area contributed by atoms with Crippen LogP contribution in [0.25, 0.3) is 6.08 Å². The lowest BCUT2D eigenvalue weighted by Gasteiger charge is -2.03. The second kappa shape index (κ2) is 9.83. The van der Waals surface area contributed by atoms with E-state index in [4.69, 9.17) is 0 Å². The Balaban J connectivity index is 1.84. The third-order valence-corrected chi connectivity index (χ3v) is 4.12. The number of carbonyl (C=O) groups is 1. The Morgan fingerprint density at radius 1 is 1.28 bits per heavy atom. The van der Waals surface area contributed by atoms with Crippen LogP contribution >= 0.6 is 11.3 Å². The SMILES string of the molecule is CCCCCc1nnc(NC(=O)/C=C/c2ccc(OC(F)F)cc2)s1. The molecule has 0 aliphatic carbocycles. The molecule has 1 N–H and O–H groups in total. The Morgan fingerprint density at radius 3 is 2.72 bits per heavy atom. The van der Waals surface area contributed by atoms with Crippen molar-refractivity contribution >= 4 is 28.5 Å². The Morgan fingerprint density at radius 2 is 2.04 bits per heavy atom. The molecule has 0 aliphatic heterocycles. The number of hydrogen-bond donors (Lipinski definition) is 1. The molecule has 5 nitrogen and oxygen atoms in total. The predicted molar refractivity (Wildman–Crippen MR) is 93.9 cm³/mol. The smallest absolute Gasteiger partial charge is 0.387 e. The fourth-order valence-electron chi connectivity index (χ4n) is 2.01. The van der Waals surface area contributed by atoms with E-state index in [1.807, 2.05) is 0 Å². The Hall–Kier alpha value is -2.35. The number of carbonyl (C=O) groups excluding carboxylic acids is 1. The summed E-state index contributed by atoms with van der Waals surface area (Å²) in [6.45, 7) is -0.719. The van der Waals surface area contributed by atoms with Gasteiger partial charge in [-0.3, -0.25) is 10.1 Å². The minimum Gasteiger partial charge on any atom is -0.435 e. The number of aromatic nitrogens is 2. The molecule has 2 aromatic rings. The molecule has 0 bridgehead atoms. The number of rotatable bonds is 9. The van der Waals surface area contributed by atoms with Crippen molar-refractivity contribution in [2.45, 2.75) is 39.2 Å². The van der Waals surface area contributed by atoms with Crippen molar-refractivity contribution in [3.05, 3.63) is 40.9 Å². The number of halogens is 2. The fourth-order valence-corrected chi connectivity index (χ4v) is 2.80. The number of hydrogen-bond acceptors (Lipinski definition) is 5. The Labute approximate surface area is 148 Å². The molecule has 1 amide bonds. The molecule has 0 radical (unpaired) electrons. The molecule has 1 aromatic carbocycles. The van der Waals surface area contributed by atoms with E-state index in [-0.39, 0.29) is 11.7 Å². The summed E-state index contributed by atoms with van der Waals surface area (Å²) in [5.41, 5.74) is 0.689. The number of benzene rings is 1. The van der Waals surface area contributed by atoms with Gasteiger partial charge in [-0.05, 0) is 30.2 Å². The van der Waals surface area contributed by atoms with Gasteiger partial charge in [0.1, 0.15) is 10.8 Å². The molecule has 1 aromatic heterocycles. The van der Waals surface area contributed by atoms with Crippen LogP contribution in [0.15, 0.2) is 30.3 Å². The summed E-state index contributed by atoms with van der Waals surface area (Å²) in [5.74, 6) is -0.259. The van der Waals surface area contributed by atoms with Crippen molar-refractivity contribution in [2.24, 2.45) is 0 Å². The third kappa shape index (κ3) is 6.96. The number of nitrogens with one attached hydrogen (secondary N) is 1. The number of nitrogens with zero attached hydrogens (tertiary/aromatic N) is 2. The highest BCUT2D eigenvalue weighted by molar-refractivity contribution is 7.15. The highest BCUT2D eigenvalue weighted by Crippen LogP contribution is 2.18. The lowest BCUT2D eigenvalue weighted by atomic mass is 10.2. The van der Waals surface area contributed by atoms with Gasteiger partial charge in [-0.25, -0.2) is 0 Å². The highest BCUT2D eigenvalue weighted by Gasteiger charge is 2.06. The number of unbranched alkanes of at least 4 members (excludes halogenated alkanes) is 2. The molecule has 25 heavy (non-hydrogen) atoms. The first kappa shape index (κ1) is 19.0. The minimum atomic E-state index is -2.86. The molecule has 8 heteroatoms. The lowest BCUT2D eigenvalue weighted by Crippen LogP contribution is -2.07. The maximum Gasteiger partial charge on any atom is 0.387 e. The topological polar surface area (TPSA) is 64.1 Å². The van der Waals surface area contributed by atoms with Crippen molar-refractivity contribution in [3.8, 4) is 5.75 Å². The van der Waals surface area contributed by atoms with Gasteiger partial charge in [-0.15, -0.1) is 10.2 Å². The fraction of sp³-hybridized carbons (Fsp3) is 0.353. The summed E-state index contributed by atoms with van der Waals surface area (Å²) < 4.78 is 28.4. The molecule has 0 saturated carbocycles. The van der Waals surface area contributed by atoms with E-state index in [9.17, 15) is 13.6 Å². The summed E-state index contributed by atoms with van der Waals surface area (Å²) in [6.07, 6.45) is 7.13. The standard InChI is InChI=1S/C17H19F2N3O2S/c1-2-3-4-5-15-21-22-17(25-15)20-14(23)11-8-12-6-9-13(10-7-12)24-16(18)19/h6-11,16H,2-5H2,1H3,(H,20,22,23)/b11-8+. The first-order valence-electron chi connectivity index (χ1n) is 7.93. The largest absolute Gasteiger partial charge is 0.435 e. The molecular weight excluding hydrogens is 348 g/mol. The van der Waals surface area contributed by atoms with Crippen LogP contribution < -0.4 is 10.1 Å². The van der Waals surface area contributed by atoms with Crippen LogP contribution in [0.4, 0.5) is 13.9 Å². The molecule has 0 spiro atoms. The summed E-state index contributed by atoms with van der Waals surface area (Å²) >= 11 is 1.37. The first-order valence-corrected chi connectivity index (χ1v) is 8.75. The molecule has 1 heterocycles. The van der Waals surface area contributed by atoms with Crippen LogP contribution in [0.3, 0.4) is 0 Å². The van der Waals surface area contributed by atoms with Gasteiger partial charge in [0.05, 0.1) is 0 Å². The van der Waals surface area contributed by atoms with Crippen molar-refractivity contribution in [2.75, 3.05) is 5.32 Å². The van der Waals surface area contributed by atoms with E-state index < -0.39 is 6.61 Å². The molecule has 134 valence electrons. The third-order valence-electron chi connectivity index (χ3n) is 3.22. The summed E-state index contributed by atoms with van der Waals surface area (Å²) in [4.78, 5) is 11.9. The van der Waals surface area contributed by atoms with E-state index in [0.29, 0.717) is 10.7 Å². The van der Waals surface area contributed by atoms with Crippen LogP contribution in [0.1, 0.15) is 36.8 Å². The van der Waals surface area contributed by atoms with Gasteiger partial charge in [-0.2, -0.15) is 8.78 Å². The van der Waals surface area contributed by atoms with E-state index in [1.54, 1.807) is 18.2 Å². The maximum atomic E-state index is 12.1. The predicted octanol–water partition coefficient (Wildman–Crippen LogP) is 4.52. The van der Waals surface area contributed by atoms with Crippen molar-refractivity contribution in [3.63, 3.8) is 0 Å².